The summed E-state index contributed by atoms with van der Waals surface area (Å²) in [4.78, 5) is 42.1. The summed E-state index contributed by atoms with van der Waals surface area (Å²) < 4.78 is 0. The third-order valence-corrected chi connectivity index (χ3v) is 5.51. The maximum Gasteiger partial charge on any atom is 0.349 e. The van der Waals surface area contributed by atoms with E-state index in [-0.39, 0.29) is 23.4 Å². The van der Waals surface area contributed by atoms with E-state index in [2.05, 4.69) is 17.2 Å². The zero-order valence-electron chi connectivity index (χ0n) is 15.2. The number of carbonyl (C=O) groups excluding carboxylic acids is 3. The van der Waals surface area contributed by atoms with E-state index in [1.807, 2.05) is 0 Å². The largest absolute Gasteiger partial charge is 0.349 e. The van der Waals surface area contributed by atoms with Gasteiger partial charge in [-0.1, -0.05) is 25.8 Å². The summed E-state index contributed by atoms with van der Waals surface area (Å²) in [7, 11) is 0. The number of amides is 3. The second-order valence-corrected chi connectivity index (χ2v) is 7.30. The van der Waals surface area contributed by atoms with Crippen molar-refractivity contribution in [2.24, 2.45) is 5.92 Å². The second kappa shape index (κ2) is 6.95. The van der Waals surface area contributed by atoms with Crippen LogP contribution in [-0.4, -0.2) is 23.8 Å². The Bertz CT molecular complexity index is 910. The quantitative estimate of drug-likeness (QED) is 0.850. The Labute approximate surface area is 157 Å². The standard InChI is InChI=1S/C21H21N3O3/c1-13-6-2-3-7-17(13)23-19(25)14-9-10-15-16(12-14)21(27)24(20(15)26)18-8-4-5-11-22-18/h4-5,8-13,17H,2-3,6-7H2,1H3,(H,23,25)/p+1. The molecule has 1 fully saturated rings. The van der Waals surface area contributed by atoms with Gasteiger partial charge in [-0.2, -0.15) is 0 Å². The predicted octanol–water partition coefficient (Wildman–Crippen LogP) is 2.61. The SMILES string of the molecule is CC1CCCCC1NC(=O)c1ccc2c(c1)C(=O)N(c1cccc[nH+]1)C2=O. The molecule has 0 saturated heterocycles. The van der Waals surface area contributed by atoms with Gasteiger partial charge in [0, 0.05) is 17.7 Å². The number of anilines is 1. The molecule has 2 aromatic rings. The van der Waals surface area contributed by atoms with Gasteiger partial charge in [-0.25, -0.2) is 14.6 Å². The number of nitrogens with one attached hydrogen (secondary N) is 2. The number of hydrogen-bond acceptors (Lipinski definition) is 3. The first-order valence-electron chi connectivity index (χ1n) is 9.36. The highest BCUT2D eigenvalue weighted by molar-refractivity contribution is 6.34. The average Bonchev–Trinajstić information content (AvgIpc) is 2.94. The van der Waals surface area contributed by atoms with Gasteiger partial charge in [0.05, 0.1) is 17.3 Å². The number of fused-ring (bicyclic) bond motifs is 1. The minimum atomic E-state index is -0.418. The molecule has 3 amide bonds. The molecule has 1 aliphatic carbocycles. The molecule has 2 atom stereocenters. The summed E-state index contributed by atoms with van der Waals surface area (Å²) in [6.07, 6.45) is 6.07. The maximum absolute atomic E-state index is 12.8. The van der Waals surface area contributed by atoms with Crippen LogP contribution < -0.4 is 15.2 Å². The van der Waals surface area contributed by atoms with E-state index < -0.39 is 5.91 Å². The fourth-order valence-electron chi connectivity index (χ4n) is 3.91. The fraction of sp³-hybridized carbons (Fsp3) is 0.333. The Morgan fingerprint density at radius 3 is 2.59 bits per heavy atom. The van der Waals surface area contributed by atoms with Crippen LogP contribution in [0.5, 0.6) is 0 Å². The van der Waals surface area contributed by atoms with Gasteiger partial charge in [0.2, 0.25) is 0 Å². The van der Waals surface area contributed by atoms with Gasteiger partial charge in [-0.3, -0.25) is 4.79 Å². The molecule has 2 heterocycles. The van der Waals surface area contributed by atoms with E-state index in [0.717, 1.165) is 24.2 Å². The molecule has 1 aromatic carbocycles. The zero-order valence-corrected chi connectivity index (χ0v) is 15.2. The number of imide groups is 1. The molecule has 27 heavy (non-hydrogen) atoms. The van der Waals surface area contributed by atoms with Crippen LogP contribution in [0.15, 0.2) is 42.6 Å². The Hall–Kier alpha value is -3.02. The van der Waals surface area contributed by atoms with Gasteiger partial charge < -0.3 is 5.32 Å². The van der Waals surface area contributed by atoms with Crippen molar-refractivity contribution in [1.29, 1.82) is 0 Å². The van der Waals surface area contributed by atoms with Crippen LogP contribution in [0.25, 0.3) is 0 Å². The molecule has 6 nitrogen and oxygen atoms in total. The number of benzene rings is 1. The highest BCUT2D eigenvalue weighted by atomic mass is 16.2. The zero-order chi connectivity index (χ0) is 19.0. The van der Waals surface area contributed by atoms with Gasteiger partial charge in [0.25, 0.3) is 11.7 Å². The number of rotatable bonds is 3. The van der Waals surface area contributed by atoms with Crippen LogP contribution in [0.1, 0.15) is 63.7 Å². The van der Waals surface area contributed by atoms with Crippen LogP contribution in [-0.2, 0) is 0 Å². The molecule has 0 radical (unpaired) electrons. The van der Waals surface area contributed by atoms with Crippen LogP contribution in [0.2, 0.25) is 0 Å². The number of nitrogens with zero attached hydrogens (tertiary/aromatic N) is 1. The van der Waals surface area contributed by atoms with Crippen molar-refractivity contribution in [3.8, 4) is 0 Å². The highest BCUT2D eigenvalue weighted by Crippen LogP contribution is 2.28. The molecular formula is C21H22N3O3+. The van der Waals surface area contributed by atoms with Crippen LogP contribution in [0, 0.1) is 5.92 Å². The average molecular weight is 364 g/mol. The normalized spacial score (nSPS) is 21.9. The van der Waals surface area contributed by atoms with Crippen LogP contribution >= 0.6 is 0 Å². The molecule has 2 unspecified atom stereocenters. The monoisotopic (exact) mass is 364 g/mol. The minimum absolute atomic E-state index is 0.159. The number of H-pyrrole nitrogens is 1. The molecular weight excluding hydrogens is 342 g/mol. The smallest absolute Gasteiger partial charge is 0.349 e. The third kappa shape index (κ3) is 3.12. The van der Waals surface area contributed by atoms with Gasteiger partial charge in [-0.15, -0.1) is 4.90 Å². The predicted molar refractivity (Wildman–Crippen MR) is 99.5 cm³/mol. The fourth-order valence-corrected chi connectivity index (χ4v) is 3.91. The first kappa shape index (κ1) is 17.4. The molecule has 6 heteroatoms. The summed E-state index contributed by atoms with van der Waals surface area (Å²) >= 11 is 0. The Morgan fingerprint density at radius 1 is 1.07 bits per heavy atom. The summed E-state index contributed by atoms with van der Waals surface area (Å²) in [6, 6.07) is 10.1. The van der Waals surface area contributed by atoms with E-state index in [1.54, 1.807) is 36.5 Å². The third-order valence-electron chi connectivity index (χ3n) is 5.51. The molecule has 1 aliphatic heterocycles. The molecule has 0 spiro atoms. The van der Waals surface area contributed by atoms with E-state index in [9.17, 15) is 14.4 Å². The van der Waals surface area contributed by atoms with Crippen molar-refractivity contribution in [3.63, 3.8) is 0 Å². The van der Waals surface area contributed by atoms with E-state index in [1.165, 1.54) is 12.5 Å². The van der Waals surface area contributed by atoms with Crippen molar-refractivity contribution >= 4 is 23.5 Å². The van der Waals surface area contributed by atoms with Crippen LogP contribution in [0.3, 0.4) is 0 Å². The molecule has 4 rings (SSSR count). The van der Waals surface area contributed by atoms with E-state index >= 15 is 0 Å². The topological polar surface area (TPSA) is 80.6 Å². The lowest BCUT2D eigenvalue weighted by Crippen LogP contribution is -2.41. The molecule has 2 aliphatic rings. The molecule has 1 aromatic heterocycles. The van der Waals surface area contributed by atoms with Crippen molar-refractivity contribution in [1.82, 2.24) is 5.32 Å². The molecule has 0 bridgehead atoms. The van der Waals surface area contributed by atoms with E-state index in [0.29, 0.717) is 22.9 Å². The lowest BCUT2D eigenvalue weighted by atomic mass is 9.86. The molecule has 138 valence electrons. The first-order chi connectivity index (χ1) is 13.1. The number of aromatic amines is 1. The Balaban J connectivity index is 1.58. The van der Waals surface area contributed by atoms with E-state index in [4.69, 9.17) is 0 Å². The van der Waals surface area contributed by atoms with Gasteiger partial charge >= 0.3 is 11.8 Å². The lowest BCUT2D eigenvalue weighted by molar-refractivity contribution is -0.362. The minimum Gasteiger partial charge on any atom is -0.349 e. The summed E-state index contributed by atoms with van der Waals surface area (Å²) in [5.74, 6) is -0.139. The van der Waals surface area contributed by atoms with Crippen molar-refractivity contribution in [2.45, 2.75) is 38.6 Å². The van der Waals surface area contributed by atoms with Crippen molar-refractivity contribution in [2.75, 3.05) is 4.90 Å². The molecule has 1 saturated carbocycles. The summed E-state index contributed by atoms with van der Waals surface area (Å²) in [5.41, 5.74) is 0.994. The molecule has 2 N–H and O–H groups in total. The van der Waals surface area contributed by atoms with Gasteiger partial charge in [0.1, 0.15) is 0 Å². The first-order valence-corrected chi connectivity index (χ1v) is 9.36. The summed E-state index contributed by atoms with van der Waals surface area (Å²) in [6.45, 7) is 2.16. The second-order valence-electron chi connectivity index (χ2n) is 7.30. The van der Waals surface area contributed by atoms with Crippen LogP contribution in [0.4, 0.5) is 5.82 Å². The number of aromatic nitrogens is 1. The lowest BCUT2D eigenvalue weighted by Gasteiger charge is -2.29. The van der Waals surface area contributed by atoms with Gasteiger partial charge in [0.15, 0.2) is 0 Å². The maximum atomic E-state index is 12.8. The number of carbonyl (C=O) groups is 3. The van der Waals surface area contributed by atoms with Gasteiger partial charge in [-0.05, 0) is 43.0 Å². The number of pyridine rings is 1. The van der Waals surface area contributed by atoms with Crippen molar-refractivity contribution in [3.05, 3.63) is 59.3 Å². The summed E-state index contributed by atoms with van der Waals surface area (Å²) in [5, 5.41) is 3.09. The number of hydrogen-bond donors (Lipinski definition) is 1. The Kier molecular flexibility index (Phi) is 4.48. The van der Waals surface area contributed by atoms with Crippen molar-refractivity contribution < 1.29 is 19.4 Å². The highest BCUT2D eigenvalue weighted by Gasteiger charge is 2.44. The Morgan fingerprint density at radius 2 is 1.85 bits per heavy atom.